The Balaban J connectivity index is 2.89. The molecule has 0 heterocycles. The van der Waals surface area contributed by atoms with Crippen LogP contribution in [0.1, 0.15) is 0 Å². The van der Waals surface area contributed by atoms with Gasteiger partial charge < -0.3 is 11.1 Å². The molecule has 3 N–H and O–H groups in total. The van der Waals surface area contributed by atoms with Crippen LogP contribution in [0.3, 0.4) is 0 Å². The highest BCUT2D eigenvalue weighted by atomic mass is 14.9. The SMILES string of the molecule is CNc1ccccc1N=CCN. The van der Waals surface area contributed by atoms with Crippen molar-refractivity contribution in [2.75, 3.05) is 18.9 Å². The molecule has 0 saturated heterocycles. The van der Waals surface area contributed by atoms with E-state index in [2.05, 4.69) is 10.3 Å². The van der Waals surface area contributed by atoms with Gasteiger partial charge in [-0.05, 0) is 12.1 Å². The maximum atomic E-state index is 5.30. The summed E-state index contributed by atoms with van der Waals surface area (Å²) in [5.74, 6) is 0. The van der Waals surface area contributed by atoms with Crippen LogP contribution < -0.4 is 11.1 Å². The van der Waals surface area contributed by atoms with Crippen molar-refractivity contribution in [2.45, 2.75) is 0 Å². The van der Waals surface area contributed by atoms with E-state index in [1.165, 1.54) is 0 Å². The van der Waals surface area contributed by atoms with E-state index in [9.17, 15) is 0 Å². The average molecular weight is 163 g/mol. The maximum absolute atomic E-state index is 5.30. The van der Waals surface area contributed by atoms with Crippen molar-refractivity contribution < 1.29 is 0 Å². The van der Waals surface area contributed by atoms with Crippen molar-refractivity contribution in [3.63, 3.8) is 0 Å². The Morgan fingerprint density at radius 1 is 1.50 bits per heavy atom. The minimum Gasteiger partial charge on any atom is -0.386 e. The van der Waals surface area contributed by atoms with Crippen LogP contribution in [0.5, 0.6) is 0 Å². The van der Waals surface area contributed by atoms with Gasteiger partial charge in [0.25, 0.3) is 0 Å². The van der Waals surface area contributed by atoms with Crippen LogP contribution in [0.25, 0.3) is 0 Å². The molecule has 0 spiro atoms. The topological polar surface area (TPSA) is 50.4 Å². The molecule has 0 unspecified atom stereocenters. The van der Waals surface area contributed by atoms with Gasteiger partial charge in [-0.3, -0.25) is 4.99 Å². The number of nitrogens with zero attached hydrogens (tertiary/aromatic N) is 1. The lowest BCUT2D eigenvalue weighted by Crippen LogP contribution is -1.98. The Hall–Kier alpha value is -1.35. The van der Waals surface area contributed by atoms with Crippen molar-refractivity contribution in [1.82, 2.24) is 0 Å². The highest BCUT2D eigenvalue weighted by molar-refractivity contribution is 5.72. The zero-order valence-electron chi connectivity index (χ0n) is 7.12. The first-order chi connectivity index (χ1) is 5.88. The van der Waals surface area contributed by atoms with Gasteiger partial charge >= 0.3 is 0 Å². The third kappa shape index (κ3) is 2.07. The zero-order chi connectivity index (χ0) is 8.81. The lowest BCUT2D eigenvalue weighted by molar-refractivity contribution is 1.32. The Morgan fingerprint density at radius 2 is 2.25 bits per heavy atom. The average Bonchev–Trinajstić information content (AvgIpc) is 2.15. The molecule has 0 aliphatic carbocycles. The van der Waals surface area contributed by atoms with Gasteiger partial charge in [0.1, 0.15) is 0 Å². The molecule has 0 amide bonds. The van der Waals surface area contributed by atoms with E-state index in [1.807, 2.05) is 31.3 Å². The predicted molar refractivity (Wildman–Crippen MR) is 53.2 cm³/mol. The van der Waals surface area contributed by atoms with E-state index >= 15 is 0 Å². The number of aliphatic imine (C=N–C) groups is 1. The van der Waals surface area contributed by atoms with E-state index in [0.29, 0.717) is 6.54 Å². The Bertz CT molecular complexity index is 268. The first-order valence-electron chi connectivity index (χ1n) is 3.88. The van der Waals surface area contributed by atoms with Gasteiger partial charge in [0.15, 0.2) is 0 Å². The molecule has 3 heteroatoms. The van der Waals surface area contributed by atoms with E-state index < -0.39 is 0 Å². The summed E-state index contributed by atoms with van der Waals surface area (Å²) < 4.78 is 0. The number of hydrogen-bond acceptors (Lipinski definition) is 3. The van der Waals surface area contributed by atoms with Gasteiger partial charge in [-0.15, -0.1) is 0 Å². The van der Waals surface area contributed by atoms with Gasteiger partial charge in [0, 0.05) is 19.8 Å². The van der Waals surface area contributed by atoms with E-state index in [0.717, 1.165) is 11.4 Å². The van der Waals surface area contributed by atoms with Crippen LogP contribution >= 0.6 is 0 Å². The molecule has 1 rings (SSSR count). The third-order valence-electron chi connectivity index (χ3n) is 1.51. The molecule has 0 saturated carbocycles. The second kappa shape index (κ2) is 4.51. The summed E-state index contributed by atoms with van der Waals surface area (Å²) >= 11 is 0. The zero-order valence-corrected chi connectivity index (χ0v) is 7.12. The number of anilines is 1. The van der Waals surface area contributed by atoms with Crippen LogP contribution in [-0.2, 0) is 0 Å². The quantitative estimate of drug-likeness (QED) is 0.661. The number of rotatable bonds is 3. The maximum Gasteiger partial charge on any atom is 0.0857 e. The molecule has 64 valence electrons. The third-order valence-corrected chi connectivity index (χ3v) is 1.51. The number of nitrogens with two attached hydrogens (primary N) is 1. The van der Waals surface area contributed by atoms with Gasteiger partial charge in [-0.2, -0.15) is 0 Å². The number of para-hydroxylation sites is 2. The minimum atomic E-state index is 0.470. The number of nitrogens with one attached hydrogen (secondary N) is 1. The van der Waals surface area contributed by atoms with Gasteiger partial charge in [0.2, 0.25) is 0 Å². The van der Waals surface area contributed by atoms with Crippen molar-refractivity contribution in [2.24, 2.45) is 10.7 Å². The fraction of sp³-hybridized carbons (Fsp3) is 0.222. The summed E-state index contributed by atoms with van der Waals surface area (Å²) in [5, 5.41) is 3.05. The van der Waals surface area contributed by atoms with Crippen LogP contribution in [0.2, 0.25) is 0 Å². The van der Waals surface area contributed by atoms with E-state index in [4.69, 9.17) is 5.73 Å². The Kier molecular flexibility index (Phi) is 3.29. The molecule has 0 bridgehead atoms. The predicted octanol–water partition coefficient (Wildman–Crippen LogP) is 1.39. The highest BCUT2D eigenvalue weighted by Gasteiger charge is 1.93. The molecule has 0 aliphatic heterocycles. The molecule has 0 fully saturated rings. The van der Waals surface area contributed by atoms with Crippen LogP contribution in [0.15, 0.2) is 29.3 Å². The van der Waals surface area contributed by atoms with Crippen LogP contribution in [-0.4, -0.2) is 19.8 Å². The highest BCUT2D eigenvalue weighted by Crippen LogP contribution is 2.22. The second-order valence-corrected chi connectivity index (χ2v) is 2.31. The summed E-state index contributed by atoms with van der Waals surface area (Å²) in [4.78, 5) is 4.18. The van der Waals surface area contributed by atoms with E-state index in [1.54, 1.807) is 6.21 Å². The smallest absolute Gasteiger partial charge is 0.0857 e. The molecular weight excluding hydrogens is 150 g/mol. The fourth-order valence-electron chi connectivity index (χ4n) is 0.949. The first-order valence-corrected chi connectivity index (χ1v) is 3.88. The molecule has 0 aliphatic rings. The molecule has 1 aromatic rings. The van der Waals surface area contributed by atoms with Crippen molar-refractivity contribution >= 4 is 17.6 Å². The lowest BCUT2D eigenvalue weighted by Gasteiger charge is -2.02. The minimum absolute atomic E-state index is 0.470. The standard InChI is InChI=1S/C9H13N3/c1-11-8-4-2-3-5-9(8)12-7-6-10/h2-5,7,11H,6,10H2,1H3. The molecular formula is C9H13N3. The summed E-state index contributed by atoms with van der Waals surface area (Å²) in [6, 6.07) is 7.83. The summed E-state index contributed by atoms with van der Waals surface area (Å²) in [6.07, 6.45) is 1.69. The molecule has 1 aromatic carbocycles. The van der Waals surface area contributed by atoms with Crippen molar-refractivity contribution in [3.8, 4) is 0 Å². The lowest BCUT2D eigenvalue weighted by atomic mass is 10.3. The molecule has 0 aromatic heterocycles. The summed E-state index contributed by atoms with van der Waals surface area (Å²) in [5.41, 5.74) is 7.24. The largest absolute Gasteiger partial charge is 0.386 e. The van der Waals surface area contributed by atoms with Crippen molar-refractivity contribution in [3.05, 3.63) is 24.3 Å². The summed E-state index contributed by atoms with van der Waals surface area (Å²) in [6.45, 7) is 0.470. The van der Waals surface area contributed by atoms with Gasteiger partial charge in [0.05, 0.1) is 11.4 Å². The van der Waals surface area contributed by atoms with Gasteiger partial charge in [-0.25, -0.2) is 0 Å². The fourth-order valence-corrected chi connectivity index (χ4v) is 0.949. The normalized spacial score (nSPS) is 10.5. The molecule has 0 radical (unpaired) electrons. The monoisotopic (exact) mass is 163 g/mol. The molecule has 0 atom stereocenters. The Morgan fingerprint density at radius 3 is 2.92 bits per heavy atom. The van der Waals surface area contributed by atoms with Crippen molar-refractivity contribution in [1.29, 1.82) is 0 Å². The molecule has 12 heavy (non-hydrogen) atoms. The second-order valence-electron chi connectivity index (χ2n) is 2.31. The van der Waals surface area contributed by atoms with E-state index in [-0.39, 0.29) is 0 Å². The van der Waals surface area contributed by atoms with Crippen LogP contribution in [0, 0.1) is 0 Å². The number of hydrogen-bond donors (Lipinski definition) is 2. The number of benzene rings is 1. The van der Waals surface area contributed by atoms with Gasteiger partial charge in [-0.1, -0.05) is 12.1 Å². The van der Waals surface area contributed by atoms with Crippen LogP contribution in [0.4, 0.5) is 11.4 Å². The first kappa shape index (κ1) is 8.74. The molecule has 3 nitrogen and oxygen atoms in total. The summed E-state index contributed by atoms with van der Waals surface area (Å²) in [7, 11) is 1.87. The Labute approximate surface area is 72.3 Å².